The van der Waals surface area contributed by atoms with Crippen LogP contribution in [-0.2, 0) is 0 Å². The van der Waals surface area contributed by atoms with Gasteiger partial charge in [0.15, 0.2) is 5.82 Å². The normalized spacial score (nSPS) is 9.69. The lowest BCUT2D eigenvalue weighted by molar-refractivity contribution is 0.0688. The minimum absolute atomic E-state index is 0.0789. The van der Waals surface area contributed by atoms with Crippen LogP contribution in [-0.4, -0.2) is 20.6 Å². The lowest BCUT2D eigenvalue weighted by Gasteiger charge is -2.06. The van der Waals surface area contributed by atoms with Crippen LogP contribution in [0.25, 0.3) is 5.82 Å². The number of carboxylic acid groups (broad SMARTS) is 1. The van der Waals surface area contributed by atoms with Crippen molar-refractivity contribution in [1.82, 2.24) is 9.55 Å². The molecule has 0 unspecified atom stereocenters. The maximum Gasteiger partial charge on any atom is 0.352 e. The van der Waals surface area contributed by atoms with E-state index in [9.17, 15) is 4.79 Å². The van der Waals surface area contributed by atoms with Crippen molar-refractivity contribution in [3.05, 3.63) is 47.9 Å². The van der Waals surface area contributed by atoms with Crippen molar-refractivity contribution in [3.63, 3.8) is 0 Å². The molecule has 78 valence electrons. The van der Waals surface area contributed by atoms with Crippen LogP contribution in [0.3, 0.4) is 0 Å². The molecule has 0 saturated heterocycles. The average molecular weight is 213 g/mol. The fourth-order valence-corrected chi connectivity index (χ4v) is 1.42. The maximum atomic E-state index is 10.9. The summed E-state index contributed by atoms with van der Waals surface area (Å²) in [6, 6.07) is 8.25. The Morgan fingerprint density at radius 3 is 2.94 bits per heavy atom. The first-order valence-corrected chi connectivity index (χ1v) is 4.50. The van der Waals surface area contributed by atoms with E-state index in [1.807, 2.05) is 6.07 Å². The minimum Gasteiger partial charge on any atom is -0.477 e. The third-order valence-electron chi connectivity index (χ3n) is 2.10. The van der Waals surface area contributed by atoms with Gasteiger partial charge in [0.25, 0.3) is 0 Å². The molecule has 16 heavy (non-hydrogen) atoms. The lowest BCUT2D eigenvalue weighted by atomic mass is 10.3. The van der Waals surface area contributed by atoms with Crippen LogP contribution in [0.1, 0.15) is 16.1 Å². The number of hydrogen-bond acceptors (Lipinski definition) is 3. The van der Waals surface area contributed by atoms with Gasteiger partial charge in [-0.05, 0) is 24.3 Å². The topological polar surface area (TPSA) is 78.9 Å². The third kappa shape index (κ3) is 1.53. The van der Waals surface area contributed by atoms with Crippen molar-refractivity contribution in [2.75, 3.05) is 0 Å². The lowest BCUT2D eigenvalue weighted by Crippen LogP contribution is -2.08. The molecule has 0 amide bonds. The largest absolute Gasteiger partial charge is 0.477 e. The highest BCUT2D eigenvalue weighted by Crippen LogP contribution is 2.14. The molecule has 0 aliphatic carbocycles. The summed E-state index contributed by atoms with van der Waals surface area (Å²) in [7, 11) is 0. The quantitative estimate of drug-likeness (QED) is 0.818. The Labute approximate surface area is 91.2 Å². The van der Waals surface area contributed by atoms with Crippen molar-refractivity contribution in [1.29, 1.82) is 5.26 Å². The first kappa shape index (κ1) is 9.93. The smallest absolute Gasteiger partial charge is 0.352 e. The van der Waals surface area contributed by atoms with Crippen LogP contribution in [0.2, 0.25) is 0 Å². The molecule has 0 aromatic carbocycles. The summed E-state index contributed by atoms with van der Waals surface area (Å²) in [5.74, 6) is -0.730. The number of hydrogen-bond donors (Lipinski definition) is 1. The van der Waals surface area contributed by atoms with Gasteiger partial charge in [-0.3, -0.25) is 4.57 Å². The molecule has 5 heteroatoms. The highest BCUT2D eigenvalue weighted by molar-refractivity contribution is 5.86. The predicted molar refractivity (Wildman–Crippen MR) is 55.2 cm³/mol. The van der Waals surface area contributed by atoms with Gasteiger partial charge >= 0.3 is 5.97 Å². The summed E-state index contributed by atoms with van der Waals surface area (Å²) in [5.41, 5.74) is 0.413. The van der Waals surface area contributed by atoms with Gasteiger partial charge in [-0.1, -0.05) is 0 Å². The molecule has 2 aromatic rings. The molecule has 0 aliphatic rings. The van der Waals surface area contributed by atoms with Crippen molar-refractivity contribution in [2.45, 2.75) is 0 Å². The third-order valence-corrected chi connectivity index (χ3v) is 2.10. The highest BCUT2D eigenvalue weighted by Gasteiger charge is 2.13. The van der Waals surface area contributed by atoms with E-state index in [-0.39, 0.29) is 5.69 Å². The van der Waals surface area contributed by atoms with E-state index in [2.05, 4.69) is 4.98 Å². The molecule has 2 heterocycles. The Bertz CT molecular complexity index is 581. The van der Waals surface area contributed by atoms with Crippen molar-refractivity contribution < 1.29 is 9.90 Å². The molecule has 5 nitrogen and oxygen atoms in total. The van der Waals surface area contributed by atoms with E-state index < -0.39 is 5.97 Å². The first-order valence-electron chi connectivity index (χ1n) is 4.50. The van der Waals surface area contributed by atoms with Gasteiger partial charge in [-0.15, -0.1) is 0 Å². The number of nitriles is 1. The summed E-state index contributed by atoms with van der Waals surface area (Å²) in [6.45, 7) is 0. The summed E-state index contributed by atoms with van der Waals surface area (Å²) in [4.78, 5) is 14.9. The van der Waals surface area contributed by atoms with Gasteiger partial charge in [0.1, 0.15) is 11.8 Å². The molecule has 0 aliphatic heterocycles. The van der Waals surface area contributed by atoms with Crippen molar-refractivity contribution >= 4 is 5.97 Å². The van der Waals surface area contributed by atoms with E-state index in [1.165, 1.54) is 16.8 Å². The van der Waals surface area contributed by atoms with E-state index >= 15 is 0 Å². The van der Waals surface area contributed by atoms with Crippen molar-refractivity contribution in [3.8, 4) is 11.9 Å². The summed E-state index contributed by atoms with van der Waals surface area (Å²) < 4.78 is 1.38. The van der Waals surface area contributed by atoms with E-state index in [1.54, 1.807) is 24.4 Å². The molecular weight excluding hydrogens is 206 g/mol. The zero-order valence-electron chi connectivity index (χ0n) is 8.16. The summed E-state index contributed by atoms with van der Waals surface area (Å²) >= 11 is 0. The SMILES string of the molecule is N#Cc1cccnc1-n1cccc1C(=O)O. The van der Waals surface area contributed by atoms with E-state index in [0.717, 1.165) is 0 Å². The number of nitrogens with zero attached hydrogens (tertiary/aromatic N) is 3. The van der Waals surface area contributed by atoms with Gasteiger partial charge in [-0.25, -0.2) is 9.78 Å². The molecule has 2 rings (SSSR count). The zero-order chi connectivity index (χ0) is 11.5. The first-order chi connectivity index (χ1) is 7.74. The van der Waals surface area contributed by atoms with Crippen LogP contribution < -0.4 is 0 Å². The number of aromatic carboxylic acids is 1. The minimum atomic E-state index is -1.06. The second-order valence-corrected chi connectivity index (χ2v) is 3.05. The van der Waals surface area contributed by atoms with Gasteiger partial charge in [0.05, 0.1) is 5.56 Å². The van der Waals surface area contributed by atoms with E-state index in [4.69, 9.17) is 10.4 Å². The second kappa shape index (κ2) is 3.87. The van der Waals surface area contributed by atoms with E-state index in [0.29, 0.717) is 11.4 Å². The highest BCUT2D eigenvalue weighted by atomic mass is 16.4. The summed E-state index contributed by atoms with van der Waals surface area (Å²) in [5, 5.41) is 17.8. The molecule has 0 bridgehead atoms. The number of carboxylic acids is 1. The fraction of sp³-hybridized carbons (Fsp3) is 0. The number of aromatic nitrogens is 2. The van der Waals surface area contributed by atoms with Crippen LogP contribution in [0.15, 0.2) is 36.7 Å². The summed E-state index contributed by atoms with van der Waals surface area (Å²) in [6.07, 6.45) is 3.08. The second-order valence-electron chi connectivity index (χ2n) is 3.05. The van der Waals surface area contributed by atoms with Crippen LogP contribution in [0.5, 0.6) is 0 Å². The van der Waals surface area contributed by atoms with Gasteiger partial charge < -0.3 is 5.11 Å². The molecule has 0 radical (unpaired) electrons. The molecule has 0 spiro atoms. The molecular formula is C11H7N3O2. The Morgan fingerprint density at radius 2 is 2.25 bits per heavy atom. The van der Waals surface area contributed by atoms with Gasteiger partial charge in [-0.2, -0.15) is 5.26 Å². The van der Waals surface area contributed by atoms with Crippen LogP contribution >= 0.6 is 0 Å². The molecule has 0 atom stereocenters. The Hall–Kier alpha value is -2.61. The van der Waals surface area contributed by atoms with Crippen LogP contribution in [0, 0.1) is 11.3 Å². The zero-order valence-corrected chi connectivity index (χ0v) is 8.16. The Balaban J connectivity index is 2.64. The fourth-order valence-electron chi connectivity index (χ4n) is 1.42. The van der Waals surface area contributed by atoms with Gasteiger partial charge in [0.2, 0.25) is 0 Å². The monoisotopic (exact) mass is 213 g/mol. The van der Waals surface area contributed by atoms with Crippen LogP contribution in [0.4, 0.5) is 0 Å². The van der Waals surface area contributed by atoms with Gasteiger partial charge in [0, 0.05) is 12.4 Å². The molecule has 0 saturated carbocycles. The standard InChI is InChI=1S/C11H7N3O2/c12-7-8-3-1-5-13-10(8)14-6-2-4-9(14)11(15)16/h1-6H,(H,15,16). The number of carbonyl (C=O) groups is 1. The predicted octanol–water partition coefficient (Wildman–Crippen LogP) is 1.44. The maximum absolute atomic E-state index is 10.9. The Morgan fingerprint density at radius 1 is 1.44 bits per heavy atom. The molecule has 1 N–H and O–H groups in total. The average Bonchev–Trinajstić information content (AvgIpc) is 2.77. The van der Waals surface area contributed by atoms with Crippen molar-refractivity contribution in [2.24, 2.45) is 0 Å². The molecule has 2 aromatic heterocycles. The molecule has 0 fully saturated rings. The number of rotatable bonds is 2. The Kier molecular flexibility index (Phi) is 2.40. The number of pyridine rings is 1.